The van der Waals surface area contributed by atoms with E-state index in [4.69, 9.17) is 4.98 Å². The van der Waals surface area contributed by atoms with E-state index in [0.29, 0.717) is 29.0 Å². The molecule has 9 nitrogen and oxygen atoms in total. The Morgan fingerprint density at radius 3 is 2.45 bits per heavy atom. The number of allylic oxidation sites excluding steroid dienone is 1. The molecule has 42 heavy (non-hydrogen) atoms. The first kappa shape index (κ1) is 28.9. The first-order valence-electron chi connectivity index (χ1n) is 14.5. The Morgan fingerprint density at radius 2 is 1.76 bits per heavy atom. The molecule has 0 radical (unpaired) electrons. The Labute approximate surface area is 247 Å². The summed E-state index contributed by atoms with van der Waals surface area (Å²) in [6, 6.07) is 17.9. The lowest BCUT2D eigenvalue weighted by molar-refractivity contribution is 0.102. The van der Waals surface area contributed by atoms with Crippen LogP contribution in [0, 0.1) is 0 Å². The molecule has 1 saturated carbocycles. The van der Waals surface area contributed by atoms with Crippen LogP contribution in [-0.4, -0.2) is 51.6 Å². The van der Waals surface area contributed by atoms with E-state index in [1.807, 2.05) is 53.2 Å². The Morgan fingerprint density at radius 1 is 1.02 bits per heavy atom. The average molecular weight is 565 g/mol. The monoisotopic (exact) mass is 564 g/mol. The SMILES string of the molecule is C=CC(=C)Nc1ccc(C(=O)Nc2cccc(Nc3cc(NC4CCC(N(C)C)CC4)nc4c(CC)cnn34)c2)cc1. The predicted octanol–water partition coefficient (Wildman–Crippen LogP) is 6.68. The fourth-order valence-corrected chi connectivity index (χ4v) is 5.33. The molecule has 0 spiro atoms. The summed E-state index contributed by atoms with van der Waals surface area (Å²) in [5.41, 5.74) is 5.53. The van der Waals surface area contributed by atoms with Gasteiger partial charge in [0.2, 0.25) is 0 Å². The van der Waals surface area contributed by atoms with Crippen molar-refractivity contribution in [2.24, 2.45) is 0 Å². The minimum atomic E-state index is -0.192. The van der Waals surface area contributed by atoms with Crippen molar-refractivity contribution in [3.8, 4) is 0 Å². The predicted molar refractivity (Wildman–Crippen MR) is 173 cm³/mol. The van der Waals surface area contributed by atoms with Gasteiger partial charge in [0, 0.05) is 52.0 Å². The molecule has 0 saturated heterocycles. The van der Waals surface area contributed by atoms with Crippen LogP contribution in [0.15, 0.2) is 85.7 Å². The van der Waals surface area contributed by atoms with Gasteiger partial charge >= 0.3 is 0 Å². The zero-order valence-corrected chi connectivity index (χ0v) is 24.7. The maximum absolute atomic E-state index is 13.0. The molecule has 2 heterocycles. The van der Waals surface area contributed by atoms with Crippen molar-refractivity contribution in [1.82, 2.24) is 19.5 Å². The molecular formula is C33H40N8O. The van der Waals surface area contributed by atoms with Gasteiger partial charge in [-0.3, -0.25) is 4.79 Å². The summed E-state index contributed by atoms with van der Waals surface area (Å²) in [5.74, 6) is 1.45. The van der Waals surface area contributed by atoms with Crippen LogP contribution in [0.2, 0.25) is 0 Å². The molecule has 0 aliphatic heterocycles. The molecule has 5 rings (SSSR count). The molecule has 1 amide bonds. The Bertz CT molecular complexity index is 1560. The number of rotatable bonds is 11. The van der Waals surface area contributed by atoms with Crippen molar-refractivity contribution in [3.63, 3.8) is 0 Å². The fourth-order valence-electron chi connectivity index (χ4n) is 5.33. The van der Waals surface area contributed by atoms with Crippen molar-refractivity contribution >= 4 is 40.3 Å². The number of fused-ring (bicyclic) bond motifs is 1. The summed E-state index contributed by atoms with van der Waals surface area (Å²) in [6.45, 7) is 9.66. The number of hydrogen-bond donors (Lipinski definition) is 4. The highest BCUT2D eigenvalue weighted by Gasteiger charge is 2.23. The standard InChI is InChI=1S/C33H40N8O/c1-6-22(3)35-25-13-11-24(12-14-25)33(42)38-28-10-8-9-27(19-28)37-31-20-30(39-32-23(7-2)21-34-41(31)32)36-26-15-17-29(18-16-26)40(4)5/h6,8-14,19-21,26,29,35,37H,1,3,7,15-18H2,2,4-5H3,(H,36,39)(H,38,42). The first-order chi connectivity index (χ1) is 20.3. The van der Waals surface area contributed by atoms with Crippen molar-refractivity contribution < 1.29 is 4.79 Å². The van der Waals surface area contributed by atoms with Gasteiger partial charge in [0.05, 0.1) is 6.20 Å². The number of aromatic nitrogens is 3. The topological polar surface area (TPSA) is 98.6 Å². The molecule has 2 aromatic heterocycles. The second-order valence-corrected chi connectivity index (χ2v) is 11.0. The van der Waals surface area contributed by atoms with Gasteiger partial charge in [-0.25, -0.2) is 4.98 Å². The lowest BCUT2D eigenvalue weighted by Gasteiger charge is -2.33. The Kier molecular flexibility index (Phi) is 8.88. The van der Waals surface area contributed by atoms with E-state index in [2.05, 4.69) is 65.4 Å². The van der Waals surface area contributed by atoms with E-state index in [1.54, 1.807) is 18.2 Å². The molecular weight excluding hydrogens is 524 g/mol. The average Bonchev–Trinajstić information content (AvgIpc) is 3.41. The molecule has 4 N–H and O–H groups in total. The third-order valence-electron chi connectivity index (χ3n) is 7.80. The number of aryl methyl sites for hydroxylation is 1. The first-order valence-corrected chi connectivity index (χ1v) is 14.5. The number of carbonyl (C=O) groups is 1. The zero-order valence-electron chi connectivity index (χ0n) is 24.7. The number of carbonyl (C=O) groups excluding carboxylic acids is 1. The fraction of sp³-hybridized carbons (Fsp3) is 0.303. The number of nitrogens with zero attached hydrogens (tertiary/aromatic N) is 4. The highest BCUT2D eigenvalue weighted by Crippen LogP contribution is 2.28. The Hall–Kier alpha value is -4.63. The highest BCUT2D eigenvalue weighted by atomic mass is 16.1. The maximum Gasteiger partial charge on any atom is 0.255 e. The zero-order chi connectivity index (χ0) is 29.6. The molecule has 0 bridgehead atoms. The van der Waals surface area contributed by atoms with Gasteiger partial charge in [0.25, 0.3) is 5.91 Å². The smallest absolute Gasteiger partial charge is 0.255 e. The van der Waals surface area contributed by atoms with E-state index >= 15 is 0 Å². The van der Waals surface area contributed by atoms with E-state index < -0.39 is 0 Å². The van der Waals surface area contributed by atoms with Crippen molar-refractivity contribution in [2.75, 3.05) is 35.4 Å². The summed E-state index contributed by atoms with van der Waals surface area (Å²) in [7, 11) is 4.33. The van der Waals surface area contributed by atoms with Gasteiger partial charge in [-0.15, -0.1) is 0 Å². The summed E-state index contributed by atoms with van der Waals surface area (Å²) in [5, 5.41) is 17.9. The van der Waals surface area contributed by atoms with Gasteiger partial charge in [-0.05, 0) is 94.7 Å². The van der Waals surface area contributed by atoms with Crippen LogP contribution in [0.1, 0.15) is 48.5 Å². The lowest BCUT2D eigenvalue weighted by Crippen LogP contribution is -2.36. The molecule has 4 aromatic rings. The second kappa shape index (κ2) is 12.9. The molecule has 1 aliphatic rings. The van der Waals surface area contributed by atoms with E-state index in [-0.39, 0.29) is 5.91 Å². The highest BCUT2D eigenvalue weighted by molar-refractivity contribution is 6.04. The van der Waals surface area contributed by atoms with Crippen LogP contribution in [0.4, 0.5) is 28.7 Å². The van der Waals surface area contributed by atoms with Gasteiger partial charge in [-0.2, -0.15) is 9.61 Å². The van der Waals surface area contributed by atoms with Crippen LogP contribution >= 0.6 is 0 Å². The van der Waals surface area contributed by atoms with Gasteiger partial charge in [-0.1, -0.05) is 26.1 Å². The largest absolute Gasteiger partial charge is 0.367 e. The number of anilines is 5. The number of benzene rings is 2. The van der Waals surface area contributed by atoms with Crippen molar-refractivity contribution in [2.45, 2.75) is 51.1 Å². The minimum Gasteiger partial charge on any atom is -0.367 e. The summed E-state index contributed by atoms with van der Waals surface area (Å²) >= 11 is 0. The Balaban J connectivity index is 1.31. The third kappa shape index (κ3) is 6.80. The lowest BCUT2D eigenvalue weighted by atomic mass is 9.90. The number of hydrogen-bond acceptors (Lipinski definition) is 7. The molecule has 0 unspecified atom stereocenters. The molecule has 218 valence electrons. The van der Waals surface area contributed by atoms with E-state index in [1.165, 1.54) is 12.8 Å². The molecule has 0 atom stereocenters. The second-order valence-electron chi connectivity index (χ2n) is 11.0. The van der Waals surface area contributed by atoms with Crippen LogP contribution in [0.5, 0.6) is 0 Å². The third-order valence-corrected chi connectivity index (χ3v) is 7.80. The van der Waals surface area contributed by atoms with E-state index in [9.17, 15) is 4.79 Å². The van der Waals surface area contributed by atoms with E-state index in [0.717, 1.165) is 53.5 Å². The van der Waals surface area contributed by atoms with Crippen molar-refractivity contribution in [1.29, 1.82) is 0 Å². The van der Waals surface area contributed by atoms with Crippen LogP contribution in [0.3, 0.4) is 0 Å². The van der Waals surface area contributed by atoms with Crippen LogP contribution < -0.4 is 21.3 Å². The van der Waals surface area contributed by atoms with Gasteiger partial charge < -0.3 is 26.2 Å². The van der Waals surface area contributed by atoms with Gasteiger partial charge in [0.1, 0.15) is 11.6 Å². The molecule has 1 aliphatic carbocycles. The normalized spacial score (nSPS) is 16.7. The van der Waals surface area contributed by atoms with Crippen LogP contribution in [-0.2, 0) is 6.42 Å². The summed E-state index contributed by atoms with van der Waals surface area (Å²) in [4.78, 5) is 20.2. The van der Waals surface area contributed by atoms with Crippen molar-refractivity contribution in [3.05, 3.63) is 96.9 Å². The number of amides is 1. The molecule has 9 heteroatoms. The van der Waals surface area contributed by atoms with Gasteiger partial charge in [0.15, 0.2) is 5.65 Å². The molecule has 2 aromatic carbocycles. The maximum atomic E-state index is 13.0. The summed E-state index contributed by atoms with van der Waals surface area (Å²) in [6.07, 6.45) is 8.94. The van der Waals surface area contributed by atoms with Crippen LogP contribution in [0.25, 0.3) is 5.65 Å². The molecule has 1 fully saturated rings. The minimum absolute atomic E-state index is 0.192. The quantitative estimate of drug-likeness (QED) is 0.151. The summed E-state index contributed by atoms with van der Waals surface area (Å²) < 4.78 is 1.84. The number of nitrogens with one attached hydrogen (secondary N) is 4.